The number of hydrogen-bond acceptors (Lipinski definition) is 6. The maximum absolute atomic E-state index is 11.9. The van der Waals surface area contributed by atoms with Gasteiger partial charge in [-0.05, 0) is 32.4 Å². The molecule has 1 aliphatic heterocycles. The van der Waals surface area contributed by atoms with Crippen LogP contribution >= 0.6 is 11.3 Å². The van der Waals surface area contributed by atoms with Crippen LogP contribution in [0.15, 0.2) is 0 Å². The molecule has 8 heteroatoms. The third-order valence-corrected chi connectivity index (χ3v) is 4.89. The van der Waals surface area contributed by atoms with Crippen molar-refractivity contribution in [2.24, 2.45) is 0 Å². The number of hydrogen-bond donors (Lipinski definition) is 2. The molecule has 1 atom stereocenters. The summed E-state index contributed by atoms with van der Waals surface area (Å²) < 4.78 is 5.59. The van der Waals surface area contributed by atoms with Gasteiger partial charge in [0, 0.05) is 26.1 Å². The second-order valence-electron chi connectivity index (χ2n) is 5.60. The van der Waals surface area contributed by atoms with E-state index in [-0.39, 0.29) is 12.1 Å². The lowest BCUT2D eigenvalue weighted by Crippen LogP contribution is -2.37. The summed E-state index contributed by atoms with van der Waals surface area (Å²) in [7, 11) is 0. The molecular formula is C15H27N5O2S. The summed E-state index contributed by atoms with van der Waals surface area (Å²) in [4.78, 5) is 14.2. The van der Waals surface area contributed by atoms with Crippen molar-refractivity contribution in [1.82, 2.24) is 20.4 Å². The predicted octanol–water partition coefficient (Wildman–Crippen LogP) is 2.11. The van der Waals surface area contributed by atoms with Gasteiger partial charge in [0.25, 0.3) is 0 Å². The Morgan fingerprint density at radius 3 is 2.87 bits per heavy atom. The first-order valence-corrected chi connectivity index (χ1v) is 9.24. The summed E-state index contributed by atoms with van der Waals surface area (Å²) in [5.41, 5.74) is 0. The van der Waals surface area contributed by atoms with E-state index in [1.165, 1.54) is 17.8 Å². The van der Waals surface area contributed by atoms with Crippen molar-refractivity contribution in [1.29, 1.82) is 0 Å². The molecule has 0 unspecified atom stereocenters. The van der Waals surface area contributed by atoms with E-state index in [9.17, 15) is 4.79 Å². The van der Waals surface area contributed by atoms with Crippen LogP contribution in [0, 0.1) is 0 Å². The van der Waals surface area contributed by atoms with Crippen LogP contribution in [0.2, 0.25) is 0 Å². The van der Waals surface area contributed by atoms with Crippen molar-refractivity contribution in [2.75, 3.05) is 38.1 Å². The second-order valence-corrected chi connectivity index (χ2v) is 6.66. The minimum Gasteiger partial charge on any atom is -0.376 e. The Kier molecular flexibility index (Phi) is 7.70. The maximum atomic E-state index is 11.9. The van der Waals surface area contributed by atoms with E-state index < -0.39 is 0 Å². The van der Waals surface area contributed by atoms with Crippen LogP contribution in [0.5, 0.6) is 0 Å². The number of carbonyl (C=O) groups is 1. The molecule has 0 aromatic carbocycles. The zero-order valence-electron chi connectivity index (χ0n) is 14.0. The van der Waals surface area contributed by atoms with Crippen molar-refractivity contribution >= 4 is 22.5 Å². The van der Waals surface area contributed by atoms with E-state index in [2.05, 4.69) is 39.6 Å². The number of likely N-dealkylation sites (N-methyl/N-ethyl adjacent to an activating group) is 1. The summed E-state index contributed by atoms with van der Waals surface area (Å²) in [6.45, 7) is 8.67. The lowest BCUT2D eigenvalue weighted by Gasteiger charge is -2.22. The summed E-state index contributed by atoms with van der Waals surface area (Å²) in [5, 5.41) is 15.2. The number of carbonyl (C=O) groups excluding carboxylic acids is 1. The summed E-state index contributed by atoms with van der Waals surface area (Å²) in [6, 6.07) is -0.245. The van der Waals surface area contributed by atoms with Gasteiger partial charge in [-0.15, -0.1) is 10.2 Å². The van der Waals surface area contributed by atoms with Gasteiger partial charge in [0.2, 0.25) is 5.13 Å². The number of urea groups is 1. The summed E-state index contributed by atoms with van der Waals surface area (Å²) in [5.74, 6) is 0. The van der Waals surface area contributed by atoms with Gasteiger partial charge >= 0.3 is 6.03 Å². The van der Waals surface area contributed by atoms with Crippen LogP contribution in [-0.4, -0.2) is 60.0 Å². The highest BCUT2D eigenvalue weighted by Gasteiger charge is 2.15. The second kappa shape index (κ2) is 9.79. The Hall–Kier alpha value is -1.25. The first kappa shape index (κ1) is 18.1. The Morgan fingerprint density at radius 1 is 1.35 bits per heavy atom. The smallest absolute Gasteiger partial charge is 0.321 e. The first-order valence-electron chi connectivity index (χ1n) is 8.42. The van der Waals surface area contributed by atoms with Crippen LogP contribution < -0.4 is 10.6 Å². The quantitative estimate of drug-likeness (QED) is 0.757. The van der Waals surface area contributed by atoms with E-state index in [4.69, 9.17) is 4.74 Å². The molecule has 1 aromatic rings. The monoisotopic (exact) mass is 341 g/mol. The molecule has 2 rings (SSSR count). The van der Waals surface area contributed by atoms with E-state index in [1.54, 1.807) is 0 Å². The normalized spacial score (nSPS) is 18.1. The summed E-state index contributed by atoms with van der Waals surface area (Å²) >= 11 is 1.43. The Balaban J connectivity index is 1.69. The number of nitrogens with zero attached hydrogens (tertiary/aromatic N) is 3. The molecule has 0 radical (unpaired) electrons. The first-order chi connectivity index (χ1) is 11.2. The van der Waals surface area contributed by atoms with Gasteiger partial charge < -0.3 is 15.0 Å². The molecule has 23 heavy (non-hydrogen) atoms. The minimum absolute atomic E-state index is 0.133. The highest BCUT2D eigenvalue weighted by Crippen LogP contribution is 2.16. The topological polar surface area (TPSA) is 79.4 Å². The molecule has 0 spiro atoms. The highest BCUT2D eigenvalue weighted by molar-refractivity contribution is 7.15. The standard InChI is InChI=1S/C15H27N5O2S/c1-3-20(4-2)9-8-13-18-19-15(23-13)17-14(21)16-11-12-7-5-6-10-22-12/h12H,3-11H2,1-2H3,(H2,16,17,19,21)/t12-/m0/s1. The number of ether oxygens (including phenoxy) is 1. The molecule has 0 aliphatic carbocycles. The summed E-state index contributed by atoms with van der Waals surface area (Å²) in [6.07, 6.45) is 4.28. The number of nitrogens with one attached hydrogen (secondary N) is 2. The highest BCUT2D eigenvalue weighted by atomic mass is 32.1. The lowest BCUT2D eigenvalue weighted by atomic mass is 10.1. The molecular weight excluding hydrogens is 314 g/mol. The van der Waals surface area contributed by atoms with Crippen LogP contribution in [0.25, 0.3) is 0 Å². The molecule has 7 nitrogen and oxygen atoms in total. The zero-order chi connectivity index (χ0) is 16.5. The molecule has 0 saturated carbocycles. The molecule has 1 aliphatic rings. The van der Waals surface area contributed by atoms with Crippen molar-refractivity contribution in [2.45, 2.75) is 45.6 Å². The van der Waals surface area contributed by atoms with Crippen molar-refractivity contribution in [3.05, 3.63) is 5.01 Å². The predicted molar refractivity (Wildman–Crippen MR) is 92.0 cm³/mol. The molecule has 2 amide bonds. The number of amides is 2. The average Bonchev–Trinajstić information content (AvgIpc) is 3.02. The van der Waals surface area contributed by atoms with Gasteiger partial charge in [-0.2, -0.15) is 0 Å². The Morgan fingerprint density at radius 2 is 2.17 bits per heavy atom. The van der Waals surface area contributed by atoms with E-state index in [0.29, 0.717) is 11.7 Å². The molecule has 0 bridgehead atoms. The van der Waals surface area contributed by atoms with Gasteiger partial charge in [0.1, 0.15) is 5.01 Å². The molecule has 2 N–H and O–H groups in total. The van der Waals surface area contributed by atoms with Crippen molar-refractivity contribution in [3.63, 3.8) is 0 Å². The van der Waals surface area contributed by atoms with Gasteiger partial charge in [-0.25, -0.2) is 4.79 Å². The van der Waals surface area contributed by atoms with E-state index in [0.717, 1.165) is 50.5 Å². The van der Waals surface area contributed by atoms with E-state index in [1.807, 2.05) is 0 Å². The Labute approximate surface area is 141 Å². The molecule has 2 heterocycles. The van der Waals surface area contributed by atoms with E-state index >= 15 is 0 Å². The fourth-order valence-corrected chi connectivity index (χ4v) is 3.24. The fourth-order valence-electron chi connectivity index (χ4n) is 2.51. The van der Waals surface area contributed by atoms with Crippen LogP contribution in [0.3, 0.4) is 0 Å². The zero-order valence-corrected chi connectivity index (χ0v) is 14.8. The van der Waals surface area contributed by atoms with Gasteiger partial charge in [0.05, 0.1) is 6.10 Å². The van der Waals surface area contributed by atoms with Crippen molar-refractivity contribution < 1.29 is 9.53 Å². The molecule has 130 valence electrons. The fraction of sp³-hybridized carbons (Fsp3) is 0.800. The minimum atomic E-state index is -0.245. The largest absolute Gasteiger partial charge is 0.376 e. The third-order valence-electron chi connectivity index (χ3n) is 3.99. The maximum Gasteiger partial charge on any atom is 0.321 e. The third kappa shape index (κ3) is 6.40. The van der Waals surface area contributed by atoms with Crippen molar-refractivity contribution in [3.8, 4) is 0 Å². The number of anilines is 1. The molecule has 1 saturated heterocycles. The van der Waals surface area contributed by atoms with Gasteiger partial charge in [-0.3, -0.25) is 5.32 Å². The van der Waals surface area contributed by atoms with Gasteiger partial charge in [-0.1, -0.05) is 25.2 Å². The van der Waals surface area contributed by atoms with Gasteiger partial charge in [0.15, 0.2) is 0 Å². The number of aromatic nitrogens is 2. The number of rotatable bonds is 8. The average molecular weight is 341 g/mol. The van der Waals surface area contributed by atoms with Crippen LogP contribution in [0.4, 0.5) is 9.93 Å². The molecule has 1 aromatic heterocycles. The lowest BCUT2D eigenvalue weighted by molar-refractivity contribution is 0.0187. The molecule has 1 fully saturated rings. The van der Waals surface area contributed by atoms with Crippen LogP contribution in [-0.2, 0) is 11.2 Å². The SMILES string of the molecule is CCN(CC)CCc1nnc(NC(=O)NC[C@@H]2CCCCO2)s1. The Bertz CT molecular complexity index is 472. The van der Waals surface area contributed by atoms with Crippen LogP contribution in [0.1, 0.15) is 38.1 Å².